The summed E-state index contributed by atoms with van der Waals surface area (Å²) in [6.07, 6.45) is 4.25. The number of nitro benzene ring substituents is 1. The van der Waals surface area contributed by atoms with Crippen molar-refractivity contribution in [3.63, 3.8) is 0 Å². The zero-order chi connectivity index (χ0) is 20.6. The number of nitrogens with zero attached hydrogens (tertiary/aromatic N) is 2. The Morgan fingerprint density at radius 3 is 2.55 bits per heavy atom. The Balaban J connectivity index is 1.62. The van der Waals surface area contributed by atoms with Crippen molar-refractivity contribution >= 4 is 29.1 Å². The van der Waals surface area contributed by atoms with Gasteiger partial charge in [-0.2, -0.15) is 0 Å². The number of thioether (sulfide) groups is 1. The predicted octanol–water partition coefficient (Wildman–Crippen LogP) is 5.06. The molecule has 1 heterocycles. The fourth-order valence-corrected chi connectivity index (χ4v) is 4.07. The molecule has 1 aliphatic rings. The van der Waals surface area contributed by atoms with Gasteiger partial charge < -0.3 is 9.64 Å². The molecular formula is C21H23FN2O4S. The molecule has 0 aliphatic carbocycles. The summed E-state index contributed by atoms with van der Waals surface area (Å²) in [5.74, 6) is -0.547. The standard InChI is InChI=1S/C21H23FN2O4S/c22-17-7-3-4-8-20(17)29-14-13-28-21(25)16-9-10-18(19(15-16)24(26)27)23-11-5-1-2-6-12-23/h3-4,7-10,15H,1-2,5-6,11-14H2. The summed E-state index contributed by atoms with van der Waals surface area (Å²) < 4.78 is 18.8. The summed E-state index contributed by atoms with van der Waals surface area (Å²) in [6, 6.07) is 10.9. The number of anilines is 1. The second-order valence-corrected chi connectivity index (χ2v) is 7.91. The number of benzene rings is 2. The van der Waals surface area contributed by atoms with Crippen LogP contribution in [-0.2, 0) is 4.74 Å². The van der Waals surface area contributed by atoms with Crippen LogP contribution in [0.15, 0.2) is 47.4 Å². The molecule has 0 radical (unpaired) electrons. The molecule has 2 aromatic carbocycles. The Morgan fingerprint density at radius 2 is 1.86 bits per heavy atom. The van der Waals surface area contributed by atoms with Gasteiger partial charge in [-0.25, -0.2) is 9.18 Å². The molecule has 0 bridgehead atoms. The molecule has 0 saturated carbocycles. The van der Waals surface area contributed by atoms with E-state index in [2.05, 4.69) is 0 Å². The van der Waals surface area contributed by atoms with Crippen molar-refractivity contribution in [3.8, 4) is 0 Å². The van der Waals surface area contributed by atoms with Crippen molar-refractivity contribution in [1.29, 1.82) is 0 Å². The molecule has 0 amide bonds. The molecule has 1 aliphatic heterocycles. The fraction of sp³-hybridized carbons (Fsp3) is 0.381. The van der Waals surface area contributed by atoms with Gasteiger partial charge in [0.15, 0.2) is 0 Å². The Kier molecular flexibility index (Phi) is 7.46. The summed E-state index contributed by atoms with van der Waals surface area (Å²) >= 11 is 1.25. The maximum atomic E-state index is 13.6. The minimum absolute atomic E-state index is 0.0814. The molecule has 154 valence electrons. The van der Waals surface area contributed by atoms with Crippen LogP contribution < -0.4 is 4.90 Å². The third kappa shape index (κ3) is 5.69. The third-order valence-electron chi connectivity index (χ3n) is 4.77. The van der Waals surface area contributed by atoms with Gasteiger partial charge in [-0.05, 0) is 37.1 Å². The van der Waals surface area contributed by atoms with Crippen LogP contribution >= 0.6 is 11.8 Å². The summed E-state index contributed by atoms with van der Waals surface area (Å²) in [5.41, 5.74) is 0.608. The topological polar surface area (TPSA) is 72.7 Å². The Morgan fingerprint density at radius 1 is 1.14 bits per heavy atom. The molecule has 1 saturated heterocycles. The number of hydrogen-bond donors (Lipinski definition) is 0. The number of carbonyl (C=O) groups excluding carboxylic acids is 1. The molecule has 0 atom stereocenters. The van der Waals surface area contributed by atoms with E-state index in [9.17, 15) is 19.3 Å². The molecule has 2 aromatic rings. The van der Waals surface area contributed by atoms with Crippen molar-refractivity contribution in [2.24, 2.45) is 0 Å². The molecule has 0 aromatic heterocycles. The minimum atomic E-state index is -0.621. The highest BCUT2D eigenvalue weighted by Crippen LogP contribution is 2.31. The van der Waals surface area contributed by atoms with Crippen LogP contribution in [0.5, 0.6) is 0 Å². The average Bonchev–Trinajstić information content (AvgIpc) is 3.01. The van der Waals surface area contributed by atoms with Crippen LogP contribution in [0.4, 0.5) is 15.8 Å². The van der Waals surface area contributed by atoms with Gasteiger partial charge in [0.25, 0.3) is 5.69 Å². The lowest BCUT2D eigenvalue weighted by Gasteiger charge is -2.22. The van der Waals surface area contributed by atoms with Crippen LogP contribution in [0.2, 0.25) is 0 Å². The van der Waals surface area contributed by atoms with Gasteiger partial charge in [-0.1, -0.05) is 25.0 Å². The number of nitro groups is 1. The smallest absolute Gasteiger partial charge is 0.338 e. The lowest BCUT2D eigenvalue weighted by Crippen LogP contribution is -2.25. The zero-order valence-electron chi connectivity index (χ0n) is 16.0. The van der Waals surface area contributed by atoms with E-state index in [0.29, 0.717) is 16.3 Å². The molecule has 6 nitrogen and oxygen atoms in total. The first-order chi connectivity index (χ1) is 14.1. The van der Waals surface area contributed by atoms with Gasteiger partial charge in [0.2, 0.25) is 0 Å². The van der Waals surface area contributed by atoms with Gasteiger partial charge in [-0.3, -0.25) is 10.1 Å². The summed E-state index contributed by atoms with van der Waals surface area (Å²) in [5, 5.41) is 11.6. The highest BCUT2D eigenvalue weighted by Gasteiger charge is 2.23. The van der Waals surface area contributed by atoms with Gasteiger partial charge >= 0.3 is 5.97 Å². The van der Waals surface area contributed by atoms with Crippen molar-refractivity contribution in [3.05, 3.63) is 64.0 Å². The number of carbonyl (C=O) groups is 1. The van der Waals surface area contributed by atoms with E-state index in [1.807, 2.05) is 4.90 Å². The second-order valence-electron chi connectivity index (χ2n) is 6.78. The van der Waals surface area contributed by atoms with Crippen LogP contribution in [-0.4, -0.2) is 36.3 Å². The molecule has 0 unspecified atom stereocenters. The van der Waals surface area contributed by atoms with E-state index in [4.69, 9.17) is 4.74 Å². The highest BCUT2D eigenvalue weighted by molar-refractivity contribution is 7.99. The fourth-order valence-electron chi connectivity index (χ4n) is 3.31. The lowest BCUT2D eigenvalue weighted by atomic mass is 10.1. The monoisotopic (exact) mass is 418 g/mol. The molecule has 0 spiro atoms. The summed E-state index contributed by atoms with van der Waals surface area (Å²) in [7, 11) is 0. The van der Waals surface area contributed by atoms with Gasteiger partial charge in [0.1, 0.15) is 18.1 Å². The predicted molar refractivity (Wildman–Crippen MR) is 111 cm³/mol. The molecule has 29 heavy (non-hydrogen) atoms. The first kappa shape index (κ1) is 21.1. The summed E-state index contributed by atoms with van der Waals surface area (Å²) in [6.45, 7) is 1.63. The quantitative estimate of drug-likeness (QED) is 0.206. The van der Waals surface area contributed by atoms with Crippen LogP contribution in [0.3, 0.4) is 0 Å². The highest BCUT2D eigenvalue weighted by atomic mass is 32.2. The molecular weight excluding hydrogens is 395 g/mol. The molecule has 3 rings (SSSR count). The lowest BCUT2D eigenvalue weighted by molar-refractivity contribution is -0.384. The van der Waals surface area contributed by atoms with E-state index in [-0.39, 0.29) is 23.7 Å². The van der Waals surface area contributed by atoms with Crippen molar-refractivity contribution < 1.29 is 18.8 Å². The first-order valence-electron chi connectivity index (χ1n) is 9.64. The second kappa shape index (κ2) is 10.2. The molecule has 8 heteroatoms. The van der Waals surface area contributed by atoms with Crippen LogP contribution in [0, 0.1) is 15.9 Å². The Labute approximate surface area is 173 Å². The van der Waals surface area contributed by atoms with Crippen molar-refractivity contribution in [2.75, 3.05) is 30.3 Å². The van der Waals surface area contributed by atoms with E-state index in [1.165, 1.54) is 23.9 Å². The van der Waals surface area contributed by atoms with E-state index in [0.717, 1.165) is 38.8 Å². The van der Waals surface area contributed by atoms with Gasteiger partial charge in [0, 0.05) is 29.8 Å². The summed E-state index contributed by atoms with van der Waals surface area (Å²) in [4.78, 5) is 25.9. The average molecular weight is 418 g/mol. The Hall–Kier alpha value is -2.61. The third-order valence-corrected chi connectivity index (χ3v) is 5.78. The maximum absolute atomic E-state index is 13.6. The van der Waals surface area contributed by atoms with E-state index in [1.54, 1.807) is 30.3 Å². The Bertz CT molecular complexity index is 870. The number of rotatable bonds is 7. The number of esters is 1. The minimum Gasteiger partial charge on any atom is -0.461 e. The molecule has 0 N–H and O–H groups in total. The van der Waals surface area contributed by atoms with E-state index >= 15 is 0 Å². The van der Waals surface area contributed by atoms with Crippen LogP contribution in [0.25, 0.3) is 0 Å². The number of halogens is 1. The largest absolute Gasteiger partial charge is 0.461 e. The van der Waals surface area contributed by atoms with Crippen molar-refractivity contribution in [2.45, 2.75) is 30.6 Å². The number of ether oxygens (including phenoxy) is 1. The van der Waals surface area contributed by atoms with E-state index < -0.39 is 10.9 Å². The van der Waals surface area contributed by atoms with Gasteiger partial charge in [-0.15, -0.1) is 11.8 Å². The normalized spacial score (nSPS) is 14.3. The van der Waals surface area contributed by atoms with Crippen molar-refractivity contribution in [1.82, 2.24) is 0 Å². The SMILES string of the molecule is O=C(OCCSc1ccccc1F)c1ccc(N2CCCCCC2)c([N+](=O)[O-])c1. The maximum Gasteiger partial charge on any atom is 0.338 e. The van der Waals surface area contributed by atoms with Gasteiger partial charge in [0.05, 0.1) is 10.5 Å². The first-order valence-corrected chi connectivity index (χ1v) is 10.6. The zero-order valence-corrected chi connectivity index (χ0v) is 16.8. The number of hydrogen-bond acceptors (Lipinski definition) is 6. The molecule has 1 fully saturated rings. The van der Waals surface area contributed by atoms with Crippen LogP contribution in [0.1, 0.15) is 36.0 Å².